The van der Waals surface area contributed by atoms with Crippen molar-refractivity contribution in [3.05, 3.63) is 59.2 Å². The maximum atomic E-state index is 12.0. The molecule has 0 saturated carbocycles. The van der Waals surface area contributed by atoms with Crippen LogP contribution >= 0.6 is 0 Å². The van der Waals surface area contributed by atoms with E-state index in [4.69, 9.17) is 0 Å². The van der Waals surface area contributed by atoms with Gasteiger partial charge in [0.15, 0.2) is 0 Å². The first-order valence-electron chi connectivity index (χ1n) is 7.87. The molecule has 5 nitrogen and oxygen atoms in total. The summed E-state index contributed by atoms with van der Waals surface area (Å²) in [6, 6.07) is 12.7. The van der Waals surface area contributed by atoms with Gasteiger partial charge in [-0.15, -0.1) is 0 Å². The summed E-state index contributed by atoms with van der Waals surface area (Å²) in [5.74, 6) is -0.309. The lowest BCUT2D eigenvalue weighted by Gasteiger charge is -2.12. The lowest BCUT2D eigenvalue weighted by molar-refractivity contribution is -0.124. The number of aromatic hydroxyl groups is 1. The van der Waals surface area contributed by atoms with Gasteiger partial charge in [-0.1, -0.05) is 36.4 Å². The van der Waals surface area contributed by atoms with Crippen molar-refractivity contribution >= 4 is 17.5 Å². The number of nitrogens with one attached hydrogen (secondary N) is 2. The number of phenols is 1. The Hall–Kier alpha value is -2.82. The molecule has 0 radical (unpaired) electrons. The van der Waals surface area contributed by atoms with Crippen LogP contribution in [0.2, 0.25) is 0 Å². The van der Waals surface area contributed by atoms with E-state index in [1.54, 1.807) is 18.2 Å². The van der Waals surface area contributed by atoms with Crippen LogP contribution in [0.15, 0.2) is 42.5 Å². The molecule has 2 amide bonds. The van der Waals surface area contributed by atoms with Crippen LogP contribution in [0.5, 0.6) is 5.75 Å². The number of aryl methyl sites for hydroxylation is 3. The highest BCUT2D eigenvalue weighted by molar-refractivity contribution is 5.95. The highest BCUT2D eigenvalue weighted by Gasteiger charge is 2.10. The highest BCUT2D eigenvalue weighted by atomic mass is 16.3. The smallest absolute Gasteiger partial charge is 0.243 e. The second-order valence-corrected chi connectivity index (χ2v) is 5.72. The summed E-state index contributed by atoms with van der Waals surface area (Å²) in [5.41, 5.74) is 3.46. The Bertz CT molecular complexity index is 721. The molecular formula is C19H22N2O3. The van der Waals surface area contributed by atoms with Crippen molar-refractivity contribution in [2.24, 2.45) is 0 Å². The number of carbonyl (C=O) groups excluding carboxylic acids is 2. The first-order chi connectivity index (χ1) is 11.5. The maximum Gasteiger partial charge on any atom is 0.243 e. The lowest BCUT2D eigenvalue weighted by atomic mass is 10.1. The normalized spacial score (nSPS) is 10.2. The molecule has 2 aromatic rings. The van der Waals surface area contributed by atoms with Crippen molar-refractivity contribution in [1.82, 2.24) is 5.32 Å². The highest BCUT2D eigenvalue weighted by Crippen LogP contribution is 2.19. The lowest BCUT2D eigenvalue weighted by Crippen LogP contribution is -2.33. The summed E-state index contributed by atoms with van der Waals surface area (Å²) < 4.78 is 0. The predicted molar refractivity (Wildman–Crippen MR) is 94.0 cm³/mol. The molecule has 0 aliphatic heterocycles. The Balaban J connectivity index is 1.79. The molecule has 2 rings (SSSR count). The first-order valence-corrected chi connectivity index (χ1v) is 7.87. The SMILES string of the molecule is Cc1cccc(C)c1NC(=O)CNC(=O)CCc1ccccc1O. The fourth-order valence-electron chi connectivity index (χ4n) is 2.43. The molecule has 2 aromatic carbocycles. The number of para-hydroxylation sites is 2. The number of amides is 2. The van der Waals surface area contributed by atoms with Gasteiger partial charge in [0.2, 0.25) is 11.8 Å². The van der Waals surface area contributed by atoms with Crippen molar-refractivity contribution < 1.29 is 14.7 Å². The summed E-state index contributed by atoms with van der Waals surface area (Å²) in [6.45, 7) is 3.77. The predicted octanol–water partition coefficient (Wildman–Crippen LogP) is 2.70. The van der Waals surface area contributed by atoms with Gasteiger partial charge in [0.05, 0.1) is 6.54 Å². The fraction of sp³-hybridized carbons (Fsp3) is 0.263. The largest absolute Gasteiger partial charge is 0.508 e. The van der Waals surface area contributed by atoms with E-state index in [0.29, 0.717) is 12.0 Å². The van der Waals surface area contributed by atoms with Crippen LogP contribution in [-0.2, 0) is 16.0 Å². The van der Waals surface area contributed by atoms with E-state index in [9.17, 15) is 14.7 Å². The summed E-state index contributed by atoms with van der Waals surface area (Å²) >= 11 is 0. The molecule has 0 saturated heterocycles. The number of hydrogen-bond donors (Lipinski definition) is 3. The van der Waals surface area contributed by atoms with Crippen LogP contribution in [0.25, 0.3) is 0 Å². The maximum absolute atomic E-state index is 12.0. The minimum absolute atomic E-state index is 0.0760. The molecule has 0 aliphatic rings. The summed E-state index contributed by atoms with van der Waals surface area (Å²) in [6.07, 6.45) is 0.644. The van der Waals surface area contributed by atoms with Gasteiger partial charge in [-0.25, -0.2) is 0 Å². The van der Waals surface area contributed by atoms with Gasteiger partial charge in [0, 0.05) is 12.1 Å². The fourth-order valence-corrected chi connectivity index (χ4v) is 2.43. The van der Waals surface area contributed by atoms with Crippen molar-refractivity contribution in [3.63, 3.8) is 0 Å². The van der Waals surface area contributed by atoms with Crippen LogP contribution < -0.4 is 10.6 Å². The number of benzene rings is 2. The molecule has 5 heteroatoms. The van der Waals surface area contributed by atoms with Gasteiger partial charge in [-0.2, -0.15) is 0 Å². The Labute approximate surface area is 141 Å². The second kappa shape index (κ2) is 8.15. The van der Waals surface area contributed by atoms with Crippen LogP contribution in [-0.4, -0.2) is 23.5 Å². The zero-order chi connectivity index (χ0) is 17.5. The summed E-state index contributed by atoms with van der Waals surface area (Å²) in [4.78, 5) is 23.8. The van der Waals surface area contributed by atoms with E-state index in [2.05, 4.69) is 10.6 Å². The molecule has 0 aromatic heterocycles. The number of hydrogen-bond acceptors (Lipinski definition) is 3. The summed E-state index contributed by atoms with van der Waals surface area (Å²) in [5, 5.41) is 15.1. The van der Waals surface area contributed by atoms with Crippen LogP contribution in [0.4, 0.5) is 5.69 Å². The molecule has 0 atom stereocenters. The average molecular weight is 326 g/mol. The molecule has 0 heterocycles. The van der Waals surface area contributed by atoms with E-state index < -0.39 is 0 Å². The van der Waals surface area contributed by atoms with Crippen LogP contribution in [0, 0.1) is 13.8 Å². The van der Waals surface area contributed by atoms with Gasteiger partial charge in [0.1, 0.15) is 5.75 Å². The number of phenolic OH excluding ortho intramolecular Hbond substituents is 1. The van der Waals surface area contributed by atoms with Crippen molar-refractivity contribution in [3.8, 4) is 5.75 Å². The van der Waals surface area contributed by atoms with Gasteiger partial charge >= 0.3 is 0 Å². The van der Waals surface area contributed by atoms with Gasteiger partial charge in [0.25, 0.3) is 0 Å². The Kier molecular flexibility index (Phi) is 5.95. The molecule has 3 N–H and O–H groups in total. The average Bonchev–Trinajstić information content (AvgIpc) is 2.56. The number of anilines is 1. The quantitative estimate of drug-likeness (QED) is 0.764. The van der Waals surface area contributed by atoms with Crippen molar-refractivity contribution in [2.45, 2.75) is 26.7 Å². The Morgan fingerprint density at radius 1 is 0.958 bits per heavy atom. The number of rotatable bonds is 6. The van der Waals surface area contributed by atoms with Crippen molar-refractivity contribution in [2.75, 3.05) is 11.9 Å². The molecule has 0 fully saturated rings. The van der Waals surface area contributed by atoms with Crippen LogP contribution in [0.1, 0.15) is 23.1 Å². The van der Waals surface area contributed by atoms with Gasteiger partial charge in [-0.05, 0) is 43.0 Å². The van der Waals surface area contributed by atoms with Gasteiger partial charge in [-0.3, -0.25) is 9.59 Å². The zero-order valence-corrected chi connectivity index (χ0v) is 13.9. The third kappa shape index (κ3) is 4.84. The zero-order valence-electron chi connectivity index (χ0n) is 13.9. The third-order valence-electron chi connectivity index (χ3n) is 3.80. The first kappa shape index (κ1) is 17.5. The standard InChI is InChI=1S/C19H22N2O3/c1-13-6-5-7-14(2)19(13)21-18(24)12-20-17(23)11-10-15-8-3-4-9-16(15)22/h3-9,22H,10-12H2,1-2H3,(H,20,23)(H,21,24). The monoisotopic (exact) mass is 326 g/mol. The topological polar surface area (TPSA) is 78.4 Å². The van der Waals surface area contributed by atoms with E-state index >= 15 is 0 Å². The second-order valence-electron chi connectivity index (χ2n) is 5.72. The minimum Gasteiger partial charge on any atom is -0.508 e. The summed E-state index contributed by atoms with van der Waals surface area (Å²) in [7, 11) is 0. The third-order valence-corrected chi connectivity index (χ3v) is 3.80. The van der Waals surface area contributed by atoms with Gasteiger partial charge < -0.3 is 15.7 Å². The Morgan fingerprint density at radius 2 is 1.62 bits per heavy atom. The van der Waals surface area contributed by atoms with E-state index in [1.165, 1.54) is 0 Å². The molecule has 126 valence electrons. The van der Waals surface area contributed by atoms with Crippen molar-refractivity contribution in [1.29, 1.82) is 0 Å². The molecular weight excluding hydrogens is 304 g/mol. The molecule has 0 aliphatic carbocycles. The van der Waals surface area contributed by atoms with E-state index in [1.807, 2.05) is 38.1 Å². The molecule has 0 unspecified atom stereocenters. The Morgan fingerprint density at radius 3 is 2.29 bits per heavy atom. The molecule has 0 spiro atoms. The van der Waals surface area contributed by atoms with Crippen LogP contribution in [0.3, 0.4) is 0 Å². The number of carbonyl (C=O) groups is 2. The molecule has 24 heavy (non-hydrogen) atoms. The molecule has 0 bridgehead atoms. The van der Waals surface area contributed by atoms with E-state index in [0.717, 1.165) is 16.8 Å². The van der Waals surface area contributed by atoms with E-state index in [-0.39, 0.29) is 30.5 Å². The minimum atomic E-state index is -0.261.